The van der Waals surface area contributed by atoms with Crippen LogP contribution < -0.4 is 4.74 Å². The van der Waals surface area contributed by atoms with Crippen molar-refractivity contribution in [1.82, 2.24) is 0 Å². The average molecular weight is 511 g/mol. The number of hydrogen-bond acceptors (Lipinski definition) is 4. The van der Waals surface area contributed by atoms with Crippen molar-refractivity contribution in [1.29, 1.82) is 5.26 Å². The largest absolute Gasteiger partial charge is 0.457 e. The third-order valence-electron chi connectivity index (χ3n) is 4.68. The number of ether oxygens (including phenoxy) is 2. The van der Waals surface area contributed by atoms with Crippen molar-refractivity contribution < 1.29 is 21.1 Å². The van der Waals surface area contributed by atoms with E-state index >= 15 is 0 Å². The number of esters is 1. The molecule has 0 spiro atoms. The lowest BCUT2D eigenvalue weighted by atomic mass is 10.1. The van der Waals surface area contributed by atoms with Crippen LogP contribution in [0.25, 0.3) is 0 Å². The molecule has 1 aliphatic rings. The van der Waals surface area contributed by atoms with Gasteiger partial charge in [0.1, 0.15) is 17.6 Å². The standard InChI is InChI=1S/C22H19Br2NO3/c1-22(2)17(12-19(23)24)20(22)21(26)28-18(13-25)14-7-6-10-16(11-14)27-15-8-4-3-5-9-15/h3-12,17-18,20H,1-2H3/i3D,4D,5D,8D,9D,13+1. The molecule has 144 valence electrons. The molecule has 0 amide bonds. The van der Waals surface area contributed by atoms with Gasteiger partial charge in [-0.25, -0.2) is 0 Å². The number of benzene rings is 2. The summed E-state index contributed by atoms with van der Waals surface area (Å²) in [5.41, 5.74) is 0.0264. The molecule has 0 saturated heterocycles. The molecule has 0 aromatic heterocycles. The number of para-hydroxylation sites is 1. The van der Waals surface area contributed by atoms with Crippen molar-refractivity contribution in [2.45, 2.75) is 20.0 Å². The van der Waals surface area contributed by atoms with Gasteiger partial charge in [0.2, 0.25) is 6.10 Å². The summed E-state index contributed by atoms with van der Waals surface area (Å²) in [6.07, 6.45) is 0.677. The van der Waals surface area contributed by atoms with Gasteiger partial charge in [-0.3, -0.25) is 4.79 Å². The van der Waals surface area contributed by atoms with Crippen LogP contribution in [0.15, 0.2) is 63.9 Å². The lowest BCUT2D eigenvalue weighted by Crippen LogP contribution is -2.14. The molecule has 4 nitrogen and oxygen atoms in total. The van der Waals surface area contributed by atoms with Crippen LogP contribution in [0.1, 0.15) is 32.4 Å². The smallest absolute Gasteiger partial charge is 0.311 e. The third-order valence-corrected chi connectivity index (χ3v) is 5.21. The average Bonchev–Trinajstić information content (AvgIpc) is 3.31. The van der Waals surface area contributed by atoms with Gasteiger partial charge in [0, 0.05) is 5.56 Å². The van der Waals surface area contributed by atoms with Gasteiger partial charge < -0.3 is 9.47 Å². The second-order valence-electron chi connectivity index (χ2n) is 6.86. The molecular weight excluding hydrogens is 487 g/mol. The molecule has 0 bridgehead atoms. The van der Waals surface area contributed by atoms with Gasteiger partial charge in [-0.15, -0.1) is 0 Å². The van der Waals surface area contributed by atoms with Crippen molar-refractivity contribution >= 4 is 37.8 Å². The zero-order valence-corrected chi connectivity index (χ0v) is 18.2. The fraction of sp³-hybridized carbons (Fsp3) is 0.273. The van der Waals surface area contributed by atoms with E-state index in [2.05, 4.69) is 31.9 Å². The summed E-state index contributed by atoms with van der Waals surface area (Å²) < 4.78 is 51.0. The van der Waals surface area contributed by atoms with E-state index in [9.17, 15) is 10.1 Å². The number of hydrogen-bond donors (Lipinski definition) is 0. The molecule has 3 atom stereocenters. The number of carbonyl (C=O) groups excluding carboxylic acids is 1. The summed E-state index contributed by atoms with van der Waals surface area (Å²) in [7, 11) is 0. The molecule has 2 aromatic rings. The zero-order chi connectivity index (χ0) is 24.7. The van der Waals surface area contributed by atoms with Crippen molar-refractivity contribution in [3.05, 3.63) is 69.5 Å². The Hall–Kier alpha value is -2.10. The molecule has 1 saturated carbocycles. The van der Waals surface area contributed by atoms with Crippen molar-refractivity contribution in [2.75, 3.05) is 0 Å². The first-order valence-corrected chi connectivity index (χ1v) is 9.96. The molecule has 0 radical (unpaired) electrons. The van der Waals surface area contributed by atoms with E-state index in [0.29, 0.717) is 5.56 Å². The lowest BCUT2D eigenvalue weighted by Gasteiger charge is -2.13. The van der Waals surface area contributed by atoms with Gasteiger partial charge >= 0.3 is 5.97 Å². The fourth-order valence-corrected chi connectivity index (χ4v) is 3.65. The van der Waals surface area contributed by atoms with Crippen molar-refractivity contribution in [3.63, 3.8) is 0 Å². The maximum atomic E-state index is 12.8. The van der Waals surface area contributed by atoms with E-state index in [1.807, 2.05) is 26.0 Å². The first kappa shape index (κ1) is 14.8. The highest BCUT2D eigenvalue weighted by molar-refractivity contribution is 9.28. The Morgan fingerprint density at radius 3 is 2.64 bits per heavy atom. The Labute approximate surface area is 188 Å². The molecule has 3 rings (SSSR count). The van der Waals surface area contributed by atoms with Gasteiger partial charge in [-0.1, -0.05) is 50.2 Å². The Balaban J connectivity index is 1.83. The van der Waals surface area contributed by atoms with Crippen LogP contribution in [-0.4, -0.2) is 5.97 Å². The van der Waals surface area contributed by atoms with E-state index in [1.54, 1.807) is 12.1 Å². The molecule has 1 fully saturated rings. The third kappa shape index (κ3) is 4.65. The first-order chi connectivity index (χ1) is 15.4. The summed E-state index contributed by atoms with van der Waals surface area (Å²) in [5.74, 6) is -1.14. The highest BCUT2D eigenvalue weighted by atomic mass is 79.9. The summed E-state index contributed by atoms with van der Waals surface area (Å²) in [5, 5.41) is 9.62. The zero-order valence-electron chi connectivity index (χ0n) is 20.0. The number of nitrogens with zero attached hydrogens (tertiary/aromatic N) is 1. The van der Waals surface area contributed by atoms with Gasteiger partial charge in [-0.2, -0.15) is 5.26 Å². The van der Waals surface area contributed by atoms with Gasteiger partial charge in [0.05, 0.1) is 16.2 Å². The van der Waals surface area contributed by atoms with Crippen molar-refractivity contribution in [3.8, 4) is 17.6 Å². The maximum Gasteiger partial charge on any atom is 0.311 e. The van der Waals surface area contributed by atoms with Crippen LogP contribution in [0.3, 0.4) is 0 Å². The number of rotatable bonds is 6. The maximum absolute atomic E-state index is 12.8. The molecule has 2 aromatic carbocycles. The Morgan fingerprint density at radius 1 is 1.29 bits per heavy atom. The predicted molar refractivity (Wildman–Crippen MR) is 114 cm³/mol. The van der Waals surface area contributed by atoms with Crippen LogP contribution >= 0.6 is 31.9 Å². The van der Waals surface area contributed by atoms with Crippen LogP contribution in [0, 0.1) is 28.6 Å². The number of carbonyl (C=O) groups is 1. The predicted octanol–water partition coefficient (Wildman–Crippen LogP) is 6.49. The van der Waals surface area contributed by atoms with E-state index < -0.39 is 48.2 Å². The normalized spacial score (nSPS) is 22.9. The molecule has 28 heavy (non-hydrogen) atoms. The second kappa shape index (κ2) is 8.50. The monoisotopic (exact) mass is 509 g/mol. The first-order valence-electron chi connectivity index (χ1n) is 10.9. The van der Waals surface area contributed by atoms with Crippen molar-refractivity contribution in [2.24, 2.45) is 17.3 Å². The minimum absolute atomic E-state index is 0.0446. The van der Waals surface area contributed by atoms with Gasteiger partial charge in [0.15, 0.2) is 0 Å². The van der Waals surface area contributed by atoms with Gasteiger partial charge in [-0.05, 0) is 67.4 Å². The Bertz CT molecular complexity index is 1160. The van der Waals surface area contributed by atoms with Crippen LogP contribution in [-0.2, 0) is 9.53 Å². The van der Waals surface area contributed by atoms with E-state index in [0.717, 1.165) is 3.39 Å². The molecule has 0 N–H and O–H groups in total. The topological polar surface area (TPSA) is 59.3 Å². The lowest BCUT2D eigenvalue weighted by molar-refractivity contribution is -0.149. The summed E-state index contributed by atoms with van der Waals surface area (Å²) in [6.45, 7) is 3.89. The summed E-state index contributed by atoms with van der Waals surface area (Å²) in [6, 6.07) is 5.54. The second-order valence-corrected chi connectivity index (χ2v) is 9.63. The van der Waals surface area contributed by atoms with E-state index in [-0.39, 0.29) is 22.8 Å². The molecule has 1 aliphatic carbocycles. The SMILES string of the molecule is [2H]c1c([2H])c([2H])c(Oc2cccc(C([13C]#N)OC(=O)C3C(C=C(Br)Br)C3(C)C)c2)c([2H])c1[2H]. The molecule has 0 heterocycles. The van der Waals surface area contributed by atoms with E-state index in [4.69, 9.17) is 16.3 Å². The van der Waals surface area contributed by atoms with Crippen LogP contribution in [0.5, 0.6) is 11.5 Å². The number of nitriles is 1. The van der Waals surface area contributed by atoms with Crippen LogP contribution in [0.2, 0.25) is 0 Å². The number of halogens is 2. The molecule has 3 unspecified atom stereocenters. The Morgan fingerprint density at radius 2 is 2.00 bits per heavy atom. The van der Waals surface area contributed by atoms with Crippen LogP contribution in [0.4, 0.5) is 0 Å². The molecule has 0 aliphatic heterocycles. The number of allylic oxidation sites excluding steroid dienone is 1. The highest BCUT2D eigenvalue weighted by Gasteiger charge is 2.61. The highest BCUT2D eigenvalue weighted by Crippen LogP contribution is 2.60. The van der Waals surface area contributed by atoms with Gasteiger partial charge in [0.25, 0.3) is 0 Å². The quantitative estimate of drug-likeness (QED) is 0.329. The molecule has 6 heteroatoms. The molecular formula is C22H19Br2NO3. The summed E-state index contributed by atoms with van der Waals surface area (Å²) in [4.78, 5) is 12.8. The minimum Gasteiger partial charge on any atom is -0.457 e. The fourth-order valence-electron chi connectivity index (χ4n) is 3.08. The minimum atomic E-state index is -1.20. The Kier molecular flexibility index (Phi) is 4.51. The summed E-state index contributed by atoms with van der Waals surface area (Å²) >= 11 is 6.60. The van der Waals surface area contributed by atoms with E-state index in [1.165, 1.54) is 12.1 Å².